The normalized spacial score (nSPS) is 23.8. The molecule has 1 aliphatic heterocycles. The fourth-order valence-corrected chi connectivity index (χ4v) is 1.95. The van der Waals surface area contributed by atoms with E-state index in [4.69, 9.17) is 14.6 Å². The van der Waals surface area contributed by atoms with E-state index in [9.17, 15) is 19.2 Å². The van der Waals surface area contributed by atoms with E-state index < -0.39 is 47.5 Å². The highest BCUT2D eigenvalue weighted by Gasteiger charge is 2.38. The van der Waals surface area contributed by atoms with Gasteiger partial charge in [0.15, 0.2) is 12.4 Å². The van der Waals surface area contributed by atoms with Crippen LogP contribution in [0.15, 0.2) is 11.8 Å². The molecule has 9 heteroatoms. The molecule has 1 aliphatic rings. The Bertz CT molecular complexity index is 536. The first-order valence-corrected chi connectivity index (χ1v) is 6.87. The van der Waals surface area contributed by atoms with E-state index in [1.807, 2.05) is 0 Å². The van der Waals surface area contributed by atoms with Crippen molar-refractivity contribution in [2.45, 2.75) is 51.5 Å². The molecule has 23 heavy (non-hydrogen) atoms. The molecule has 2 amide bonds. The van der Waals surface area contributed by atoms with E-state index in [2.05, 4.69) is 10.6 Å². The lowest BCUT2D eigenvalue weighted by Crippen LogP contribution is -2.59. The van der Waals surface area contributed by atoms with Gasteiger partial charge < -0.3 is 25.2 Å². The van der Waals surface area contributed by atoms with E-state index in [0.29, 0.717) is 6.29 Å². The number of carbonyl (C=O) groups excluding carboxylic acids is 3. The van der Waals surface area contributed by atoms with Crippen LogP contribution in [-0.4, -0.2) is 53.2 Å². The van der Waals surface area contributed by atoms with Gasteiger partial charge in [0.2, 0.25) is 11.7 Å². The summed E-state index contributed by atoms with van der Waals surface area (Å²) in [7, 11) is 0. The Morgan fingerprint density at radius 1 is 1.30 bits per heavy atom. The zero-order valence-corrected chi connectivity index (χ0v) is 13.3. The third-order valence-electron chi connectivity index (χ3n) is 2.73. The third kappa shape index (κ3) is 5.61. The lowest BCUT2D eigenvalue weighted by molar-refractivity contribution is -0.140. The Morgan fingerprint density at radius 2 is 1.91 bits per heavy atom. The minimum atomic E-state index is -1.39. The van der Waals surface area contributed by atoms with E-state index in [-0.39, 0.29) is 0 Å². The van der Waals surface area contributed by atoms with Crippen LogP contribution in [0.2, 0.25) is 0 Å². The fourth-order valence-electron chi connectivity index (χ4n) is 1.95. The van der Waals surface area contributed by atoms with Gasteiger partial charge >= 0.3 is 12.1 Å². The van der Waals surface area contributed by atoms with Crippen LogP contribution >= 0.6 is 0 Å². The highest BCUT2D eigenvalue weighted by Crippen LogP contribution is 2.18. The Balaban J connectivity index is 3.04. The smallest absolute Gasteiger partial charge is 0.408 e. The Kier molecular flexibility index (Phi) is 5.72. The number of alkyl carbamates (subject to hydrolysis) is 1. The van der Waals surface area contributed by atoms with Gasteiger partial charge in [-0.2, -0.15) is 0 Å². The SMILES string of the molecule is CC(=O)N[C@@H]1[C@@H](NC(=O)OC(C)(C)C)C=C(C(=O)O)O[C@H]1C=O. The number of nitrogens with one attached hydrogen (secondary N) is 2. The minimum absolute atomic E-state index is 0.361. The Hall–Kier alpha value is -2.58. The van der Waals surface area contributed by atoms with Gasteiger partial charge in [0.1, 0.15) is 5.60 Å². The second kappa shape index (κ2) is 7.12. The average Bonchev–Trinajstić information content (AvgIpc) is 2.37. The second-order valence-corrected chi connectivity index (χ2v) is 5.95. The molecule has 3 atom stereocenters. The monoisotopic (exact) mass is 328 g/mol. The minimum Gasteiger partial charge on any atom is -0.475 e. The second-order valence-electron chi connectivity index (χ2n) is 5.95. The third-order valence-corrected chi connectivity index (χ3v) is 2.73. The molecular formula is C14H20N2O7. The van der Waals surface area contributed by atoms with Crippen LogP contribution in [0.4, 0.5) is 4.79 Å². The molecule has 3 N–H and O–H groups in total. The van der Waals surface area contributed by atoms with Crippen molar-refractivity contribution in [1.82, 2.24) is 10.6 Å². The average molecular weight is 328 g/mol. The van der Waals surface area contributed by atoms with Crippen LogP contribution in [0.3, 0.4) is 0 Å². The van der Waals surface area contributed by atoms with Crippen molar-refractivity contribution in [3.8, 4) is 0 Å². The Labute approximate surface area is 133 Å². The van der Waals surface area contributed by atoms with Crippen LogP contribution in [0.5, 0.6) is 0 Å². The number of amides is 2. The number of aliphatic carboxylic acids is 1. The van der Waals surface area contributed by atoms with Crippen molar-refractivity contribution in [2.24, 2.45) is 0 Å². The summed E-state index contributed by atoms with van der Waals surface area (Å²) in [5.74, 6) is -2.35. The summed E-state index contributed by atoms with van der Waals surface area (Å²) in [6.07, 6.45) is -0.604. The topological polar surface area (TPSA) is 131 Å². The first kappa shape index (κ1) is 18.5. The molecule has 128 valence electrons. The van der Waals surface area contributed by atoms with E-state index in [1.54, 1.807) is 20.8 Å². The van der Waals surface area contributed by atoms with Crippen LogP contribution in [-0.2, 0) is 23.9 Å². The highest BCUT2D eigenvalue weighted by atomic mass is 16.6. The lowest BCUT2D eigenvalue weighted by atomic mass is 9.99. The van der Waals surface area contributed by atoms with Gasteiger partial charge in [-0.05, 0) is 26.8 Å². The number of carbonyl (C=O) groups is 4. The molecule has 0 saturated heterocycles. The molecule has 0 bridgehead atoms. The number of rotatable bonds is 4. The summed E-state index contributed by atoms with van der Waals surface area (Å²) in [5, 5.41) is 13.9. The van der Waals surface area contributed by atoms with Crippen molar-refractivity contribution in [3.63, 3.8) is 0 Å². The number of carboxylic acid groups (broad SMARTS) is 1. The van der Waals surface area contributed by atoms with Gasteiger partial charge in [-0.1, -0.05) is 0 Å². The number of hydrogen-bond acceptors (Lipinski definition) is 6. The molecular weight excluding hydrogens is 308 g/mol. The summed E-state index contributed by atoms with van der Waals surface area (Å²) >= 11 is 0. The summed E-state index contributed by atoms with van der Waals surface area (Å²) < 4.78 is 10.1. The van der Waals surface area contributed by atoms with Gasteiger partial charge in [0.25, 0.3) is 0 Å². The standard InChI is InChI=1S/C14H20N2O7/c1-7(18)15-11-8(16-13(21)23-14(2,3)4)5-9(12(19)20)22-10(11)6-17/h5-6,8,10-11H,1-4H3,(H,15,18)(H,16,21)(H,19,20)/t8-,10-,11+/m0/s1. The van der Waals surface area contributed by atoms with Crippen molar-refractivity contribution < 1.29 is 33.8 Å². The van der Waals surface area contributed by atoms with Crippen molar-refractivity contribution in [1.29, 1.82) is 0 Å². The molecule has 1 rings (SSSR count). The van der Waals surface area contributed by atoms with Crippen molar-refractivity contribution >= 4 is 24.3 Å². The Morgan fingerprint density at radius 3 is 2.35 bits per heavy atom. The maximum Gasteiger partial charge on any atom is 0.408 e. The largest absolute Gasteiger partial charge is 0.475 e. The molecule has 0 aromatic carbocycles. The first-order chi connectivity index (χ1) is 10.5. The molecule has 0 fully saturated rings. The first-order valence-electron chi connectivity index (χ1n) is 6.87. The summed E-state index contributed by atoms with van der Waals surface area (Å²) in [6.45, 7) is 6.21. The van der Waals surface area contributed by atoms with Crippen LogP contribution < -0.4 is 10.6 Å². The molecule has 0 saturated carbocycles. The highest BCUT2D eigenvalue weighted by molar-refractivity contribution is 5.86. The van der Waals surface area contributed by atoms with Crippen LogP contribution in [0, 0.1) is 0 Å². The molecule has 0 spiro atoms. The maximum atomic E-state index is 11.9. The van der Waals surface area contributed by atoms with E-state index in [1.165, 1.54) is 6.92 Å². The maximum absolute atomic E-state index is 11.9. The van der Waals surface area contributed by atoms with Crippen molar-refractivity contribution in [2.75, 3.05) is 0 Å². The number of hydrogen-bond donors (Lipinski definition) is 3. The van der Waals surface area contributed by atoms with Crippen LogP contribution in [0.25, 0.3) is 0 Å². The molecule has 0 radical (unpaired) electrons. The summed E-state index contributed by atoms with van der Waals surface area (Å²) in [5.41, 5.74) is -0.762. The van der Waals surface area contributed by atoms with Gasteiger partial charge in [-0.15, -0.1) is 0 Å². The van der Waals surface area contributed by atoms with E-state index in [0.717, 1.165) is 6.08 Å². The number of carboxylic acids is 1. The molecule has 1 heterocycles. The molecule has 0 unspecified atom stereocenters. The summed E-state index contributed by atoms with van der Waals surface area (Å²) in [6, 6.07) is -1.94. The predicted octanol–water partition coefficient (Wildman–Crippen LogP) is -0.0494. The number of aldehydes is 1. The zero-order chi connectivity index (χ0) is 17.8. The molecule has 0 aliphatic carbocycles. The molecule has 0 aromatic rings. The molecule has 0 aromatic heterocycles. The molecule has 9 nitrogen and oxygen atoms in total. The summed E-state index contributed by atoms with van der Waals surface area (Å²) in [4.78, 5) is 45.4. The zero-order valence-electron chi connectivity index (χ0n) is 13.3. The fraction of sp³-hybridized carbons (Fsp3) is 0.571. The predicted molar refractivity (Wildman–Crippen MR) is 77.4 cm³/mol. The quantitative estimate of drug-likeness (QED) is 0.617. The van der Waals surface area contributed by atoms with E-state index >= 15 is 0 Å². The van der Waals surface area contributed by atoms with Gasteiger partial charge in [0, 0.05) is 6.92 Å². The number of ether oxygens (including phenoxy) is 2. The van der Waals surface area contributed by atoms with Gasteiger partial charge in [-0.3, -0.25) is 9.59 Å². The lowest BCUT2D eigenvalue weighted by Gasteiger charge is -2.34. The van der Waals surface area contributed by atoms with Crippen molar-refractivity contribution in [3.05, 3.63) is 11.8 Å². The van der Waals surface area contributed by atoms with Gasteiger partial charge in [0.05, 0.1) is 12.1 Å². The van der Waals surface area contributed by atoms with Gasteiger partial charge in [-0.25, -0.2) is 9.59 Å². The van der Waals surface area contributed by atoms with Crippen LogP contribution in [0.1, 0.15) is 27.7 Å².